The number of piperidine rings is 3. The first kappa shape index (κ1) is 54.9. The minimum Gasteiger partial charge on any atom is -0.481 e. The number of fused-ring (bicyclic) bond motifs is 3. The van der Waals surface area contributed by atoms with E-state index in [1.807, 2.05) is 20.8 Å². The largest absolute Gasteiger partial charge is 0.481 e. The van der Waals surface area contributed by atoms with Gasteiger partial charge in [-0.05, 0) is 76.4 Å². The number of hydrogen-bond acceptors (Lipinski definition) is 17. The fourth-order valence-electron chi connectivity index (χ4n) is 8.08. The van der Waals surface area contributed by atoms with Crippen LogP contribution in [-0.2, 0) is 43.1 Å². The van der Waals surface area contributed by atoms with E-state index in [9.17, 15) is 71.5 Å². The summed E-state index contributed by atoms with van der Waals surface area (Å²) in [5.74, 6) is -9.45. The van der Waals surface area contributed by atoms with Gasteiger partial charge in [-0.3, -0.25) is 97.8 Å². The van der Waals surface area contributed by atoms with Crippen LogP contribution in [0.1, 0.15) is 121 Å². The maximum absolute atomic E-state index is 13.7. The summed E-state index contributed by atoms with van der Waals surface area (Å²) in [5, 5.41) is 15.4. The molecule has 12 amide bonds. The van der Waals surface area contributed by atoms with E-state index in [0.29, 0.717) is 9.79 Å². The molecule has 6 aliphatic rings. The van der Waals surface area contributed by atoms with Gasteiger partial charge >= 0.3 is 11.9 Å². The van der Waals surface area contributed by atoms with Crippen LogP contribution in [0.15, 0.2) is 64.4 Å². The van der Waals surface area contributed by atoms with Crippen LogP contribution in [0.2, 0.25) is 0 Å². The Balaban J connectivity index is 0.000000166. The van der Waals surface area contributed by atoms with Crippen LogP contribution in [0.25, 0.3) is 0 Å². The van der Waals surface area contributed by atoms with Gasteiger partial charge in [-0.15, -0.1) is 24.4 Å². The number of carboxylic acids is 1. The predicted molar refractivity (Wildman–Crippen MR) is 255 cm³/mol. The summed E-state index contributed by atoms with van der Waals surface area (Å²) in [5.41, 5.74) is -0.0247. The van der Waals surface area contributed by atoms with Gasteiger partial charge in [0.15, 0.2) is 0 Å². The fraction of sp³-hybridized carbons (Fsp3) is 0.319. The first-order valence-corrected chi connectivity index (χ1v) is 24.4. The second-order valence-electron chi connectivity index (χ2n) is 17.3. The van der Waals surface area contributed by atoms with E-state index < -0.39 is 101 Å². The zero-order chi connectivity index (χ0) is 53.8. The van der Waals surface area contributed by atoms with Crippen molar-refractivity contribution in [2.75, 3.05) is 11.1 Å². The Kier molecular flexibility index (Phi) is 16.9. The highest BCUT2D eigenvalue weighted by Gasteiger charge is 2.48. The minimum atomic E-state index is -1.07. The summed E-state index contributed by atoms with van der Waals surface area (Å²) >= 11 is 8.10. The lowest BCUT2D eigenvalue weighted by atomic mass is 10.0. The molecule has 73 heavy (non-hydrogen) atoms. The zero-order valence-electron chi connectivity index (χ0n) is 38.6. The number of ether oxygens (including phenoxy) is 1. The molecule has 0 spiro atoms. The monoisotopic (exact) mass is 1110 g/mol. The highest BCUT2D eigenvalue weighted by atomic mass is 79.9. The smallest absolute Gasteiger partial charge is 0.317 e. The molecule has 3 unspecified atom stereocenters. The van der Waals surface area contributed by atoms with E-state index in [1.54, 1.807) is 24.3 Å². The Morgan fingerprint density at radius 2 is 1.01 bits per heavy atom. The van der Waals surface area contributed by atoms with Crippen molar-refractivity contribution in [2.24, 2.45) is 0 Å². The molecule has 9 rings (SSSR count). The van der Waals surface area contributed by atoms with Crippen LogP contribution in [-0.4, -0.2) is 137 Å². The SMILES string of the molecule is CC(C)(C)OC(=O)CBr.O=C(O)CSc1cccc2c1C(=O)N(C1CCC(=O)NC1=O)C2=O.O=C1CCC(N2C(=O)c3cccc(F)c3C2=O)C(=O)N1.O=C1CCC(N2C(=O)c3cccc(S)c3C2=O)C(=O)N1. The third-order valence-corrected chi connectivity index (χ3v) is 13.0. The van der Waals surface area contributed by atoms with E-state index >= 15 is 0 Å². The number of imide groups is 6. The Bertz CT molecular complexity index is 2850. The number of carbonyl (C=O) groups excluding carboxylic acids is 13. The summed E-state index contributed by atoms with van der Waals surface area (Å²) in [6.45, 7) is 5.52. The molecule has 0 radical (unpaired) electrons. The van der Waals surface area contributed by atoms with Gasteiger partial charge < -0.3 is 9.84 Å². The fourth-order valence-corrected chi connectivity index (χ4v) is 9.30. The number of benzene rings is 3. The Hall–Kier alpha value is -7.45. The molecule has 6 heterocycles. The number of esters is 1. The van der Waals surface area contributed by atoms with Crippen molar-refractivity contribution in [2.45, 2.75) is 92.8 Å². The number of rotatable bonds is 7. The molecule has 3 saturated heterocycles. The summed E-state index contributed by atoms with van der Waals surface area (Å²) in [4.78, 5) is 168. The molecule has 22 nitrogen and oxygen atoms in total. The van der Waals surface area contributed by atoms with Crippen LogP contribution < -0.4 is 16.0 Å². The molecule has 6 aliphatic heterocycles. The molecule has 3 atom stereocenters. The molecule has 382 valence electrons. The highest BCUT2D eigenvalue weighted by Crippen LogP contribution is 2.35. The summed E-state index contributed by atoms with van der Waals surface area (Å²) in [6.07, 6.45) is 0.470. The second-order valence-corrected chi connectivity index (χ2v) is 19.3. The molecule has 4 N–H and O–H groups in total. The average Bonchev–Trinajstić information content (AvgIpc) is 3.84. The van der Waals surface area contributed by atoms with Gasteiger partial charge in [-0.1, -0.05) is 34.1 Å². The van der Waals surface area contributed by atoms with Crippen molar-refractivity contribution in [1.82, 2.24) is 30.7 Å². The van der Waals surface area contributed by atoms with Crippen molar-refractivity contribution < 1.29 is 81.4 Å². The number of halogens is 2. The van der Waals surface area contributed by atoms with Crippen LogP contribution in [0.5, 0.6) is 0 Å². The highest BCUT2D eigenvalue weighted by molar-refractivity contribution is 9.09. The third kappa shape index (κ3) is 11.9. The van der Waals surface area contributed by atoms with Crippen molar-refractivity contribution >= 4 is 123 Å². The number of alkyl halides is 1. The molecular formula is C47H42BrFN6O16S2. The van der Waals surface area contributed by atoms with Gasteiger partial charge in [0.05, 0.1) is 39.1 Å². The number of hydrogen-bond donors (Lipinski definition) is 5. The van der Waals surface area contributed by atoms with Gasteiger partial charge in [0, 0.05) is 29.1 Å². The number of nitrogens with zero attached hydrogens (tertiary/aromatic N) is 3. The number of thioether (sulfide) groups is 1. The van der Waals surface area contributed by atoms with Crippen LogP contribution >= 0.6 is 40.3 Å². The molecule has 3 aromatic carbocycles. The minimum absolute atomic E-state index is 0.0340. The molecule has 3 fully saturated rings. The number of amides is 12. The predicted octanol–water partition coefficient (Wildman–Crippen LogP) is 2.59. The number of carboxylic acid groups (broad SMARTS) is 1. The molecule has 0 saturated carbocycles. The van der Waals surface area contributed by atoms with Crippen molar-refractivity contribution in [1.29, 1.82) is 0 Å². The van der Waals surface area contributed by atoms with Crippen LogP contribution in [0.3, 0.4) is 0 Å². The summed E-state index contributed by atoms with van der Waals surface area (Å²) in [7, 11) is 0. The van der Waals surface area contributed by atoms with Crippen molar-refractivity contribution in [3.8, 4) is 0 Å². The summed E-state index contributed by atoms with van der Waals surface area (Å²) in [6, 6.07) is 10.1. The second kappa shape index (κ2) is 22.5. The normalized spacial score (nSPS) is 20.1. The molecule has 26 heteroatoms. The van der Waals surface area contributed by atoms with Gasteiger partial charge in [0.2, 0.25) is 35.4 Å². The van der Waals surface area contributed by atoms with Gasteiger partial charge in [0.1, 0.15) is 34.9 Å². The summed E-state index contributed by atoms with van der Waals surface area (Å²) < 4.78 is 18.6. The van der Waals surface area contributed by atoms with Gasteiger partial charge in [-0.2, -0.15) is 0 Å². The standard InChI is InChI=1S/C15H12N2O6S.C13H9FN2O4.C13H10N2O4S.C6H11BrO2/c18-10-5-4-8(13(21)16-10)17-14(22)7-2-1-3-9(12(7)15(17)23)24-6-11(19)20;14-7-3-1-2-6-10(7)13(20)16(12(6)19)8-4-5-9(17)15-11(8)18;16-9-5-4-7(11(17)14-9)15-12(18)6-2-1-3-8(20)10(6)13(15)19;1-6(2,3)9-5(8)4-7/h1-3,8H,4-6H2,(H,19,20)(H,16,18,21);1-3,8H,4-5H2,(H,15,17,18);1-3,7,20H,4-5H2,(H,14,16,17);4H2,1-3H3. The lowest BCUT2D eigenvalue weighted by molar-refractivity contribution is -0.151. The van der Waals surface area contributed by atoms with E-state index in [2.05, 4.69) is 44.5 Å². The van der Waals surface area contributed by atoms with E-state index in [1.165, 1.54) is 24.3 Å². The van der Waals surface area contributed by atoms with Crippen LogP contribution in [0.4, 0.5) is 4.39 Å². The van der Waals surface area contributed by atoms with Crippen molar-refractivity contribution in [3.63, 3.8) is 0 Å². The van der Waals surface area contributed by atoms with E-state index in [4.69, 9.17) is 9.84 Å². The molecular weight excluding hydrogens is 1070 g/mol. The molecule has 3 aromatic rings. The topological polar surface area (TPSA) is 314 Å². The average molecular weight is 1110 g/mol. The van der Waals surface area contributed by atoms with E-state index in [0.717, 1.165) is 32.5 Å². The number of carbonyl (C=O) groups is 14. The molecule has 0 bridgehead atoms. The Morgan fingerprint density at radius 1 is 0.630 bits per heavy atom. The van der Waals surface area contributed by atoms with E-state index in [-0.39, 0.29) is 94.6 Å². The number of thiol groups is 1. The van der Waals surface area contributed by atoms with Gasteiger partial charge in [0.25, 0.3) is 35.4 Å². The van der Waals surface area contributed by atoms with Crippen LogP contribution in [0, 0.1) is 5.82 Å². The number of nitrogens with one attached hydrogen (secondary N) is 3. The van der Waals surface area contributed by atoms with Gasteiger partial charge in [-0.25, -0.2) is 4.39 Å². The maximum atomic E-state index is 13.7. The first-order valence-electron chi connectivity index (χ1n) is 21.9. The Labute approximate surface area is 431 Å². The Morgan fingerprint density at radius 3 is 1.38 bits per heavy atom. The lowest BCUT2D eigenvalue weighted by Crippen LogP contribution is -2.54. The van der Waals surface area contributed by atoms with Crippen molar-refractivity contribution in [3.05, 3.63) is 93.8 Å². The quantitative estimate of drug-likeness (QED) is 0.0746. The molecule has 0 aromatic heterocycles. The third-order valence-electron chi connectivity index (χ3n) is 11.2. The maximum Gasteiger partial charge on any atom is 0.317 e. The first-order chi connectivity index (χ1) is 34.4. The lowest BCUT2D eigenvalue weighted by Gasteiger charge is -2.27. The molecule has 0 aliphatic carbocycles. The zero-order valence-corrected chi connectivity index (χ0v) is 41.9. The number of aliphatic carboxylic acids is 1.